The van der Waals surface area contributed by atoms with Gasteiger partial charge in [-0.15, -0.1) is 0 Å². The minimum atomic E-state index is -0.338. The van der Waals surface area contributed by atoms with Gasteiger partial charge in [-0.1, -0.05) is 6.08 Å². The monoisotopic (exact) mass is 390 g/mol. The molecule has 1 fully saturated rings. The summed E-state index contributed by atoms with van der Waals surface area (Å²) in [5.74, 6) is 0.152. The Morgan fingerprint density at radius 1 is 1.34 bits per heavy atom. The van der Waals surface area contributed by atoms with Crippen LogP contribution in [0, 0.1) is 12.7 Å². The zero-order valence-corrected chi connectivity index (χ0v) is 15.8. The topological polar surface area (TPSA) is 75.4 Å². The van der Waals surface area contributed by atoms with Gasteiger partial charge in [0.25, 0.3) is 5.91 Å². The number of hydrogen-bond acceptors (Lipinski definition) is 5. The van der Waals surface area contributed by atoms with Crippen molar-refractivity contribution < 1.29 is 9.18 Å². The molecule has 0 bridgehead atoms. The molecule has 1 aliphatic heterocycles. The van der Waals surface area contributed by atoms with Gasteiger partial charge in [-0.3, -0.25) is 9.78 Å². The number of halogens is 1. The highest BCUT2D eigenvalue weighted by molar-refractivity contribution is 6.01. The molecule has 3 aromatic heterocycles. The molecule has 2 aliphatic rings. The van der Waals surface area contributed by atoms with Crippen molar-refractivity contribution >= 4 is 17.4 Å². The van der Waals surface area contributed by atoms with Gasteiger partial charge in [0.2, 0.25) is 0 Å². The Kier molecular flexibility index (Phi) is 4.12. The Hall–Kier alpha value is -3.55. The van der Waals surface area contributed by atoms with Crippen molar-refractivity contribution in [2.45, 2.75) is 25.8 Å². The molecule has 0 aromatic carbocycles. The van der Waals surface area contributed by atoms with Gasteiger partial charge in [-0.2, -0.15) is 5.10 Å². The summed E-state index contributed by atoms with van der Waals surface area (Å²) in [4.78, 5) is 23.6. The maximum atomic E-state index is 13.8. The summed E-state index contributed by atoms with van der Waals surface area (Å²) in [6.07, 6.45) is 11.9. The summed E-state index contributed by atoms with van der Waals surface area (Å²) < 4.78 is 15.4. The Morgan fingerprint density at radius 3 is 3.00 bits per heavy atom. The number of allylic oxidation sites excluding steroid dienone is 3. The number of amides is 1. The molecule has 0 spiro atoms. The van der Waals surface area contributed by atoms with E-state index >= 15 is 0 Å². The molecular formula is C21H19FN6O. The quantitative estimate of drug-likeness (QED) is 0.741. The van der Waals surface area contributed by atoms with E-state index < -0.39 is 0 Å². The lowest BCUT2D eigenvalue weighted by Gasteiger charge is -2.27. The van der Waals surface area contributed by atoms with Crippen LogP contribution in [-0.2, 0) is 0 Å². The van der Waals surface area contributed by atoms with E-state index in [9.17, 15) is 9.18 Å². The lowest BCUT2D eigenvalue weighted by Crippen LogP contribution is -2.25. The van der Waals surface area contributed by atoms with Crippen LogP contribution >= 0.6 is 0 Å². The fraction of sp³-hybridized carbons (Fsp3) is 0.238. The third kappa shape index (κ3) is 3.06. The van der Waals surface area contributed by atoms with E-state index in [0.29, 0.717) is 11.2 Å². The smallest absolute Gasteiger partial charge is 0.261 e. The summed E-state index contributed by atoms with van der Waals surface area (Å²) in [6.45, 7) is 2.70. The second-order valence-electron chi connectivity index (χ2n) is 7.23. The zero-order chi connectivity index (χ0) is 20.0. The van der Waals surface area contributed by atoms with Crippen molar-refractivity contribution in [1.29, 1.82) is 0 Å². The first-order valence-corrected chi connectivity index (χ1v) is 9.53. The first-order valence-electron chi connectivity index (χ1n) is 9.53. The van der Waals surface area contributed by atoms with Crippen LogP contribution in [0.5, 0.6) is 0 Å². The fourth-order valence-corrected chi connectivity index (χ4v) is 3.88. The second-order valence-corrected chi connectivity index (χ2v) is 7.23. The van der Waals surface area contributed by atoms with Crippen molar-refractivity contribution in [2.75, 3.05) is 11.4 Å². The van der Waals surface area contributed by atoms with Gasteiger partial charge in [-0.05, 0) is 49.6 Å². The normalized spacial score (nSPS) is 18.1. The van der Waals surface area contributed by atoms with Gasteiger partial charge in [-0.25, -0.2) is 13.9 Å². The van der Waals surface area contributed by atoms with Crippen LogP contribution in [0.3, 0.4) is 0 Å². The number of pyridine rings is 1. The van der Waals surface area contributed by atoms with Crippen molar-refractivity contribution in [3.05, 3.63) is 77.3 Å². The lowest BCUT2D eigenvalue weighted by atomic mass is 10.0. The highest BCUT2D eigenvalue weighted by atomic mass is 19.1. The van der Waals surface area contributed by atoms with Gasteiger partial charge >= 0.3 is 0 Å². The van der Waals surface area contributed by atoms with Crippen molar-refractivity contribution in [3.8, 4) is 0 Å². The fourth-order valence-electron chi connectivity index (χ4n) is 3.88. The van der Waals surface area contributed by atoms with E-state index in [1.807, 2.05) is 31.2 Å². The lowest BCUT2D eigenvalue weighted by molar-refractivity contribution is 0.0968. The molecule has 0 saturated carbocycles. The van der Waals surface area contributed by atoms with E-state index in [1.54, 1.807) is 16.8 Å². The minimum Gasteiger partial charge on any atom is -0.349 e. The van der Waals surface area contributed by atoms with Crippen LogP contribution in [0.1, 0.15) is 40.5 Å². The highest BCUT2D eigenvalue weighted by Crippen LogP contribution is 2.36. The van der Waals surface area contributed by atoms with Gasteiger partial charge in [0, 0.05) is 24.1 Å². The van der Waals surface area contributed by atoms with Crippen LogP contribution in [-0.4, -0.2) is 32.0 Å². The number of aromatic nitrogens is 4. The van der Waals surface area contributed by atoms with Gasteiger partial charge in [0.1, 0.15) is 17.2 Å². The Bertz CT molecular complexity index is 1180. The molecule has 1 unspecified atom stereocenters. The maximum absolute atomic E-state index is 13.8. The molecule has 1 atom stereocenters. The Balaban J connectivity index is 1.50. The predicted molar refractivity (Wildman–Crippen MR) is 106 cm³/mol. The second kappa shape index (κ2) is 6.80. The molecule has 3 aromatic rings. The van der Waals surface area contributed by atoms with Crippen LogP contribution < -0.4 is 10.2 Å². The molecule has 1 N–H and O–H groups in total. The number of nitrogens with one attached hydrogen (secondary N) is 1. The first-order chi connectivity index (χ1) is 14.1. The number of fused-ring (bicyclic) bond motifs is 1. The summed E-state index contributed by atoms with van der Waals surface area (Å²) in [5, 5.41) is 7.07. The summed E-state index contributed by atoms with van der Waals surface area (Å²) >= 11 is 0. The number of aryl methyl sites for hydroxylation is 1. The zero-order valence-electron chi connectivity index (χ0n) is 15.8. The number of carbonyl (C=O) groups is 1. The van der Waals surface area contributed by atoms with E-state index in [4.69, 9.17) is 4.98 Å². The number of nitrogens with zero attached hydrogens (tertiary/aromatic N) is 5. The van der Waals surface area contributed by atoms with Gasteiger partial charge in [0.05, 0.1) is 18.4 Å². The summed E-state index contributed by atoms with van der Waals surface area (Å²) in [7, 11) is 0. The molecule has 1 amide bonds. The number of carbonyl (C=O) groups excluding carboxylic acids is 1. The molecule has 8 heteroatoms. The van der Waals surface area contributed by atoms with Crippen molar-refractivity contribution in [2.24, 2.45) is 0 Å². The third-order valence-corrected chi connectivity index (χ3v) is 5.41. The minimum absolute atomic E-state index is 0.00128. The number of anilines is 1. The number of hydrogen-bond donors (Lipinski definition) is 1. The highest BCUT2D eigenvalue weighted by Gasteiger charge is 2.29. The third-order valence-electron chi connectivity index (χ3n) is 5.41. The van der Waals surface area contributed by atoms with Crippen LogP contribution in [0.4, 0.5) is 10.2 Å². The predicted octanol–water partition coefficient (Wildman–Crippen LogP) is 3.10. The summed E-state index contributed by atoms with van der Waals surface area (Å²) in [6, 6.07) is 3.43. The molecule has 1 saturated heterocycles. The first kappa shape index (κ1) is 17.5. The van der Waals surface area contributed by atoms with Crippen molar-refractivity contribution in [3.63, 3.8) is 0 Å². The van der Waals surface area contributed by atoms with Crippen LogP contribution in [0.2, 0.25) is 0 Å². The molecule has 29 heavy (non-hydrogen) atoms. The molecule has 7 nitrogen and oxygen atoms in total. The molecule has 5 rings (SSSR count). The molecular weight excluding hydrogens is 371 g/mol. The largest absolute Gasteiger partial charge is 0.349 e. The average Bonchev–Trinajstić information content (AvgIpc) is 3.33. The van der Waals surface area contributed by atoms with Gasteiger partial charge < -0.3 is 10.2 Å². The van der Waals surface area contributed by atoms with Crippen LogP contribution in [0.15, 0.2) is 54.6 Å². The van der Waals surface area contributed by atoms with E-state index in [2.05, 4.69) is 20.3 Å². The van der Waals surface area contributed by atoms with Gasteiger partial charge in [0.15, 0.2) is 5.65 Å². The van der Waals surface area contributed by atoms with Crippen LogP contribution in [0.25, 0.3) is 5.65 Å². The van der Waals surface area contributed by atoms with E-state index in [1.165, 1.54) is 12.4 Å². The van der Waals surface area contributed by atoms with E-state index in [-0.39, 0.29) is 17.8 Å². The van der Waals surface area contributed by atoms with E-state index in [0.717, 1.165) is 42.2 Å². The van der Waals surface area contributed by atoms with Crippen molar-refractivity contribution in [1.82, 2.24) is 24.9 Å². The summed E-state index contributed by atoms with van der Waals surface area (Å²) in [5.41, 5.74) is 3.35. The maximum Gasteiger partial charge on any atom is 0.261 e. The molecule has 1 aliphatic carbocycles. The Morgan fingerprint density at radius 2 is 2.21 bits per heavy atom. The number of rotatable bonds is 4. The molecule has 146 valence electrons. The SMILES string of the molecule is Cc1ncc(F)cc1C1CCCN1c1ccn2ncc(C(=O)NC3=CC=C3)c2n1. The molecule has 4 heterocycles. The Labute approximate surface area is 166 Å². The molecule has 0 radical (unpaired) electrons. The standard InChI is InChI=1S/C21H19FN6O/c1-13-16(10-14(22)11-23-13)18-6-3-8-27(18)19-7-9-28-20(26-19)17(12-24-28)21(29)25-15-4-2-5-15/h2,4-5,7,9-12,18H,3,6,8H2,1H3,(H,25,29). The average molecular weight is 390 g/mol.